The molecule has 3 aromatic carbocycles. The highest BCUT2D eigenvalue weighted by Crippen LogP contribution is 2.37. The van der Waals surface area contributed by atoms with Gasteiger partial charge in [-0.25, -0.2) is 9.97 Å². The van der Waals surface area contributed by atoms with Crippen molar-refractivity contribution in [3.63, 3.8) is 0 Å². The number of hydrogen-bond donors (Lipinski definition) is 1. The minimum atomic E-state index is 0.103. The second kappa shape index (κ2) is 8.66. The number of rotatable bonds is 6. The fourth-order valence-corrected chi connectivity index (χ4v) is 3.26. The Hall–Kier alpha value is -3.86. The van der Waals surface area contributed by atoms with E-state index < -0.39 is 0 Å². The van der Waals surface area contributed by atoms with Crippen LogP contribution >= 0.6 is 0 Å². The van der Waals surface area contributed by atoms with Crippen molar-refractivity contribution in [1.29, 1.82) is 0 Å². The molecular weight excluding hydrogens is 376 g/mol. The van der Waals surface area contributed by atoms with Crippen molar-refractivity contribution in [2.75, 3.05) is 7.11 Å². The van der Waals surface area contributed by atoms with Crippen LogP contribution in [-0.4, -0.2) is 22.2 Å². The van der Waals surface area contributed by atoms with Gasteiger partial charge in [-0.15, -0.1) is 0 Å². The summed E-state index contributed by atoms with van der Waals surface area (Å²) in [6, 6.07) is 21.0. The molecule has 0 aliphatic heterocycles. The quantitative estimate of drug-likeness (QED) is 0.470. The summed E-state index contributed by atoms with van der Waals surface area (Å²) in [5, 5.41) is 10.7. The average Bonchev–Trinajstić information content (AvgIpc) is 2.79. The molecule has 5 heteroatoms. The van der Waals surface area contributed by atoms with E-state index in [2.05, 4.69) is 23.0 Å². The smallest absolute Gasteiger partial charge is 0.128 e. The molecule has 0 atom stereocenters. The van der Waals surface area contributed by atoms with E-state index in [0.717, 1.165) is 22.4 Å². The Morgan fingerprint density at radius 1 is 0.900 bits per heavy atom. The van der Waals surface area contributed by atoms with Gasteiger partial charge in [-0.3, -0.25) is 0 Å². The molecule has 150 valence electrons. The van der Waals surface area contributed by atoms with Crippen LogP contribution in [0, 0.1) is 6.92 Å². The summed E-state index contributed by atoms with van der Waals surface area (Å²) in [6.45, 7) is 2.49. The lowest BCUT2D eigenvalue weighted by molar-refractivity contribution is 0.303. The lowest BCUT2D eigenvalue weighted by Crippen LogP contribution is -1.98. The summed E-state index contributed by atoms with van der Waals surface area (Å²) in [4.78, 5) is 8.58. The summed E-state index contributed by atoms with van der Waals surface area (Å²) >= 11 is 0. The van der Waals surface area contributed by atoms with Crippen LogP contribution in [0.5, 0.6) is 17.2 Å². The lowest BCUT2D eigenvalue weighted by Gasteiger charge is -2.13. The Morgan fingerprint density at radius 2 is 1.67 bits per heavy atom. The van der Waals surface area contributed by atoms with Gasteiger partial charge in [0.25, 0.3) is 0 Å². The number of aromatic hydroxyl groups is 1. The number of phenols is 1. The molecule has 0 saturated carbocycles. The van der Waals surface area contributed by atoms with Gasteiger partial charge in [-0.05, 0) is 47.9 Å². The average molecular weight is 398 g/mol. The van der Waals surface area contributed by atoms with Crippen molar-refractivity contribution in [3.05, 3.63) is 90.4 Å². The van der Waals surface area contributed by atoms with E-state index in [1.807, 2.05) is 54.6 Å². The third-order valence-corrected chi connectivity index (χ3v) is 4.99. The molecule has 0 amide bonds. The number of phenolic OH excluding ortho intramolecular Hbond substituents is 1. The Morgan fingerprint density at radius 3 is 2.40 bits per heavy atom. The normalized spacial score (nSPS) is 10.6. The van der Waals surface area contributed by atoms with Gasteiger partial charge in [-0.2, -0.15) is 0 Å². The fourth-order valence-electron chi connectivity index (χ4n) is 3.26. The van der Waals surface area contributed by atoms with Crippen molar-refractivity contribution < 1.29 is 14.6 Å². The number of aromatic nitrogens is 2. The van der Waals surface area contributed by atoms with Crippen molar-refractivity contribution in [2.24, 2.45) is 0 Å². The minimum Gasteiger partial charge on any atom is -0.507 e. The standard InChI is InChI=1S/C25H22N2O3/c1-17-5-3-4-6-19(17)15-30-21-11-12-22(24(28)13-21)25-23(14-26-16-27-25)18-7-9-20(29-2)10-8-18/h3-14,16,28H,15H2,1-2H3. The molecule has 0 aliphatic rings. The molecule has 4 rings (SSSR count). The second-order valence-electron chi connectivity index (χ2n) is 6.91. The predicted octanol–water partition coefficient (Wildman–Crippen LogP) is 5.41. The fraction of sp³-hybridized carbons (Fsp3) is 0.120. The molecule has 5 nitrogen and oxygen atoms in total. The van der Waals surface area contributed by atoms with Crippen LogP contribution in [0.25, 0.3) is 22.4 Å². The third-order valence-electron chi connectivity index (χ3n) is 4.99. The van der Waals surface area contributed by atoms with E-state index in [0.29, 0.717) is 23.6 Å². The van der Waals surface area contributed by atoms with Gasteiger partial charge in [0.1, 0.15) is 30.2 Å². The molecule has 1 heterocycles. The van der Waals surface area contributed by atoms with Gasteiger partial charge < -0.3 is 14.6 Å². The number of hydrogen-bond acceptors (Lipinski definition) is 5. The predicted molar refractivity (Wildman–Crippen MR) is 117 cm³/mol. The van der Waals surface area contributed by atoms with Crippen LogP contribution in [0.3, 0.4) is 0 Å². The van der Waals surface area contributed by atoms with E-state index in [-0.39, 0.29) is 5.75 Å². The van der Waals surface area contributed by atoms with Crippen LogP contribution in [0.4, 0.5) is 0 Å². The molecule has 0 spiro atoms. The summed E-state index contributed by atoms with van der Waals surface area (Å²) < 4.78 is 11.1. The highest BCUT2D eigenvalue weighted by Gasteiger charge is 2.14. The van der Waals surface area contributed by atoms with Gasteiger partial charge >= 0.3 is 0 Å². The Kier molecular flexibility index (Phi) is 5.61. The Bertz CT molecular complexity index is 1160. The summed E-state index contributed by atoms with van der Waals surface area (Å²) in [6.07, 6.45) is 3.22. The Balaban J connectivity index is 1.61. The van der Waals surface area contributed by atoms with E-state index in [4.69, 9.17) is 9.47 Å². The summed E-state index contributed by atoms with van der Waals surface area (Å²) in [5.74, 6) is 1.47. The summed E-state index contributed by atoms with van der Waals surface area (Å²) in [5.41, 5.74) is 5.31. The number of aryl methyl sites for hydroxylation is 1. The first kappa shape index (κ1) is 19.5. The lowest BCUT2D eigenvalue weighted by atomic mass is 10.00. The highest BCUT2D eigenvalue weighted by molar-refractivity contribution is 5.83. The van der Waals surface area contributed by atoms with Crippen LogP contribution in [0.1, 0.15) is 11.1 Å². The van der Waals surface area contributed by atoms with E-state index in [1.54, 1.807) is 19.4 Å². The van der Waals surface area contributed by atoms with Gasteiger partial charge in [0.15, 0.2) is 0 Å². The molecule has 0 unspecified atom stereocenters. The highest BCUT2D eigenvalue weighted by atomic mass is 16.5. The van der Waals surface area contributed by atoms with Crippen LogP contribution in [-0.2, 0) is 6.61 Å². The SMILES string of the molecule is COc1ccc(-c2cncnc2-c2ccc(OCc3ccccc3C)cc2O)cc1. The first-order chi connectivity index (χ1) is 14.7. The molecule has 0 saturated heterocycles. The summed E-state index contributed by atoms with van der Waals surface area (Å²) in [7, 11) is 1.63. The van der Waals surface area contributed by atoms with Gasteiger partial charge in [-0.1, -0.05) is 36.4 Å². The van der Waals surface area contributed by atoms with Gasteiger partial charge in [0.2, 0.25) is 0 Å². The van der Waals surface area contributed by atoms with Crippen LogP contribution in [0.15, 0.2) is 79.3 Å². The zero-order valence-corrected chi connectivity index (χ0v) is 16.9. The van der Waals surface area contributed by atoms with Crippen molar-refractivity contribution >= 4 is 0 Å². The largest absolute Gasteiger partial charge is 0.507 e. The first-order valence-electron chi connectivity index (χ1n) is 9.61. The minimum absolute atomic E-state index is 0.103. The molecule has 0 fully saturated rings. The molecule has 0 radical (unpaired) electrons. The molecule has 1 aromatic heterocycles. The number of methoxy groups -OCH3 is 1. The zero-order valence-electron chi connectivity index (χ0n) is 16.9. The molecular formula is C25H22N2O3. The van der Waals surface area contributed by atoms with Crippen molar-refractivity contribution in [3.8, 4) is 39.6 Å². The molecule has 30 heavy (non-hydrogen) atoms. The van der Waals surface area contributed by atoms with E-state index in [9.17, 15) is 5.11 Å². The van der Waals surface area contributed by atoms with Gasteiger partial charge in [0.05, 0.1) is 12.8 Å². The van der Waals surface area contributed by atoms with Crippen molar-refractivity contribution in [2.45, 2.75) is 13.5 Å². The first-order valence-corrected chi connectivity index (χ1v) is 9.61. The molecule has 1 N–H and O–H groups in total. The third kappa shape index (κ3) is 4.10. The van der Waals surface area contributed by atoms with Crippen molar-refractivity contribution in [1.82, 2.24) is 9.97 Å². The zero-order chi connectivity index (χ0) is 20.9. The molecule has 0 aliphatic carbocycles. The van der Waals surface area contributed by atoms with Gasteiger partial charge in [0, 0.05) is 23.4 Å². The molecule has 4 aromatic rings. The number of nitrogens with zero attached hydrogens (tertiary/aromatic N) is 2. The maximum atomic E-state index is 10.7. The topological polar surface area (TPSA) is 64.5 Å². The Labute approximate surface area is 175 Å². The van der Waals surface area contributed by atoms with E-state index >= 15 is 0 Å². The number of benzene rings is 3. The maximum absolute atomic E-state index is 10.7. The maximum Gasteiger partial charge on any atom is 0.128 e. The monoisotopic (exact) mass is 398 g/mol. The number of ether oxygens (including phenoxy) is 2. The molecule has 0 bridgehead atoms. The van der Waals surface area contributed by atoms with Crippen LogP contribution < -0.4 is 9.47 Å². The van der Waals surface area contributed by atoms with E-state index in [1.165, 1.54) is 11.9 Å². The second-order valence-corrected chi connectivity index (χ2v) is 6.91. The van der Waals surface area contributed by atoms with Crippen LogP contribution in [0.2, 0.25) is 0 Å².